The Kier molecular flexibility index (Phi) is 9.47. The van der Waals surface area contributed by atoms with Gasteiger partial charge in [-0.3, -0.25) is 9.69 Å². The van der Waals surface area contributed by atoms with Gasteiger partial charge in [-0.1, -0.05) is 0 Å². The zero-order chi connectivity index (χ0) is 33.4. The van der Waals surface area contributed by atoms with Gasteiger partial charge in [-0.05, 0) is 94.2 Å². The number of pyridine rings is 1. The highest BCUT2D eigenvalue weighted by molar-refractivity contribution is 5.92. The first-order valence-electron chi connectivity index (χ1n) is 17.9. The number of likely N-dealkylation sites (tertiary alicyclic amines) is 1. The van der Waals surface area contributed by atoms with E-state index < -0.39 is 0 Å². The highest BCUT2D eigenvalue weighted by Gasteiger charge is 2.32. The summed E-state index contributed by atoms with van der Waals surface area (Å²) in [7, 11) is 5.83. The Balaban J connectivity index is 1.23. The van der Waals surface area contributed by atoms with Crippen molar-refractivity contribution in [2.24, 2.45) is 0 Å². The average Bonchev–Trinajstić information content (AvgIpc) is 3.11. The first-order chi connectivity index (χ1) is 23.3. The fourth-order valence-corrected chi connectivity index (χ4v) is 8.27. The molecule has 10 nitrogen and oxygen atoms in total. The lowest BCUT2D eigenvalue weighted by Crippen LogP contribution is -2.49. The molecule has 2 N–H and O–H groups in total. The zero-order valence-electron chi connectivity index (χ0n) is 29.4. The topological polar surface area (TPSA) is 77.5 Å². The van der Waals surface area contributed by atoms with Crippen LogP contribution >= 0.6 is 0 Å². The Hall–Kier alpha value is -3.89. The summed E-state index contributed by atoms with van der Waals surface area (Å²) in [5.74, 6) is 2.01. The van der Waals surface area contributed by atoms with E-state index in [-0.39, 0.29) is 17.7 Å². The molecule has 6 heterocycles. The van der Waals surface area contributed by atoms with Gasteiger partial charge in [0.2, 0.25) is 0 Å². The maximum Gasteiger partial charge on any atom is 0.194 e. The lowest BCUT2D eigenvalue weighted by molar-refractivity contribution is 0.108. The SMILES string of the molecule is CNC1=CC=C(N2CCCC(N(CC3=CC(OC)NC=C3)Cc3cn4c5c(c(N6CCCCC6C)ccc5c3=O)OCC4C)C2)CN1C. The fourth-order valence-electron chi connectivity index (χ4n) is 8.27. The number of benzene rings is 1. The molecule has 258 valence electrons. The molecule has 7 rings (SSSR count). The molecule has 1 aromatic carbocycles. The Bertz CT molecular complexity index is 1690. The van der Waals surface area contributed by atoms with Crippen LogP contribution in [0.4, 0.5) is 5.69 Å². The molecule has 48 heavy (non-hydrogen) atoms. The molecule has 0 saturated carbocycles. The van der Waals surface area contributed by atoms with Crippen LogP contribution in [0.25, 0.3) is 10.9 Å². The molecule has 1 aromatic heterocycles. The van der Waals surface area contributed by atoms with E-state index in [1.807, 2.05) is 13.2 Å². The van der Waals surface area contributed by atoms with E-state index >= 15 is 0 Å². The summed E-state index contributed by atoms with van der Waals surface area (Å²) in [5, 5.41) is 7.31. The van der Waals surface area contributed by atoms with Gasteiger partial charge >= 0.3 is 0 Å². The molecule has 2 saturated heterocycles. The maximum absolute atomic E-state index is 14.4. The standard InChI is InChI=1S/C38H53N7O3/c1-26-9-6-7-18-44(26)33-13-12-32-36-38(33)48-25-27(2)45(36)22-29(37(32)46)21-43(20-28-15-16-40-35(19-28)47-5)30-10-8-17-42(24-30)31-11-14-34(39-3)41(4)23-31/h11-16,19,22,26-27,30,35,39-40H,6-10,17-18,20-21,23-25H2,1-5H3. The third kappa shape index (κ3) is 6.32. The molecule has 4 atom stereocenters. The number of rotatable bonds is 9. The first-order valence-corrected chi connectivity index (χ1v) is 17.9. The van der Waals surface area contributed by atoms with Crippen LogP contribution in [0.2, 0.25) is 0 Å². The van der Waals surface area contributed by atoms with Crippen LogP contribution in [0.15, 0.2) is 70.7 Å². The van der Waals surface area contributed by atoms with Gasteiger partial charge in [0.05, 0.1) is 23.8 Å². The number of ether oxygens (including phenoxy) is 2. The van der Waals surface area contributed by atoms with E-state index in [4.69, 9.17) is 9.47 Å². The molecule has 0 spiro atoms. The van der Waals surface area contributed by atoms with E-state index in [2.05, 4.69) is 98.3 Å². The van der Waals surface area contributed by atoms with Crippen molar-refractivity contribution >= 4 is 16.6 Å². The number of piperidine rings is 2. The van der Waals surface area contributed by atoms with E-state index in [0.717, 1.165) is 79.3 Å². The van der Waals surface area contributed by atoms with Gasteiger partial charge in [-0.2, -0.15) is 0 Å². The number of anilines is 1. The minimum atomic E-state index is -0.155. The van der Waals surface area contributed by atoms with E-state index in [1.54, 1.807) is 7.11 Å². The van der Waals surface area contributed by atoms with Gasteiger partial charge in [0.1, 0.15) is 18.7 Å². The number of nitrogens with zero attached hydrogens (tertiary/aromatic N) is 5. The van der Waals surface area contributed by atoms with E-state index in [9.17, 15) is 4.79 Å². The highest BCUT2D eigenvalue weighted by Crippen LogP contribution is 2.42. The Morgan fingerprint density at radius 2 is 1.96 bits per heavy atom. The van der Waals surface area contributed by atoms with Crippen molar-refractivity contribution in [3.63, 3.8) is 0 Å². The van der Waals surface area contributed by atoms with Crippen molar-refractivity contribution in [2.75, 3.05) is 65.4 Å². The maximum atomic E-state index is 14.4. The van der Waals surface area contributed by atoms with Gasteiger partial charge in [-0.25, -0.2) is 0 Å². The molecule has 5 aliphatic heterocycles. The van der Waals surface area contributed by atoms with Crippen LogP contribution in [0.5, 0.6) is 5.75 Å². The molecular weight excluding hydrogens is 602 g/mol. The molecule has 10 heteroatoms. The fraction of sp³-hybridized carbons (Fsp3) is 0.553. The summed E-state index contributed by atoms with van der Waals surface area (Å²) in [6.45, 7) is 10.3. The lowest BCUT2D eigenvalue weighted by Gasteiger charge is -2.43. The summed E-state index contributed by atoms with van der Waals surface area (Å²) >= 11 is 0. The van der Waals surface area contributed by atoms with Crippen LogP contribution in [0, 0.1) is 0 Å². The van der Waals surface area contributed by atoms with Gasteiger partial charge in [0.15, 0.2) is 11.2 Å². The van der Waals surface area contributed by atoms with Crippen molar-refractivity contribution in [2.45, 2.75) is 76.8 Å². The summed E-state index contributed by atoms with van der Waals surface area (Å²) in [4.78, 5) is 24.3. The number of allylic oxidation sites excluding steroid dienone is 2. The third-order valence-electron chi connectivity index (χ3n) is 11.0. The average molecular weight is 656 g/mol. The van der Waals surface area contributed by atoms with Crippen molar-refractivity contribution in [3.05, 3.63) is 81.7 Å². The second-order valence-corrected chi connectivity index (χ2v) is 14.3. The number of hydrogen-bond acceptors (Lipinski definition) is 9. The van der Waals surface area contributed by atoms with Crippen LogP contribution in [0.1, 0.15) is 57.6 Å². The molecule has 2 aromatic rings. The third-order valence-corrected chi connectivity index (χ3v) is 11.0. The van der Waals surface area contributed by atoms with E-state index in [1.165, 1.54) is 30.5 Å². The lowest BCUT2D eigenvalue weighted by atomic mass is 9.99. The normalized spacial score (nSPS) is 25.8. The Morgan fingerprint density at radius 1 is 1.08 bits per heavy atom. The van der Waals surface area contributed by atoms with Crippen molar-refractivity contribution in [1.29, 1.82) is 0 Å². The second kappa shape index (κ2) is 13.9. The quantitative estimate of drug-likeness (QED) is 0.406. The van der Waals surface area contributed by atoms with E-state index in [0.29, 0.717) is 25.2 Å². The molecule has 5 aliphatic rings. The van der Waals surface area contributed by atoms with Gasteiger partial charge in [0.25, 0.3) is 0 Å². The summed E-state index contributed by atoms with van der Waals surface area (Å²) in [5.41, 5.74) is 5.57. The Labute approximate surface area is 285 Å². The molecular formula is C38H53N7O3. The molecule has 0 amide bonds. The smallest absolute Gasteiger partial charge is 0.194 e. The summed E-state index contributed by atoms with van der Waals surface area (Å²) in [6, 6.07) is 5.09. The number of methoxy groups -OCH3 is 1. The minimum Gasteiger partial charge on any atom is -0.487 e. The monoisotopic (exact) mass is 655 g/mol. The molecule has 2 fully saturated rings. The summed E-state index contributed by atoms with van der Waals surface area (Å²) < 4.78 is 14.4. The van der Waals surface area contributed by atoms with Crippen molar-refractivity contribution in [1.82, 2.24) is 29.9 Å². The number of dihydropyridines is 1. The molecule has 4 unspecified atom stereocenters. The number of aromatic nitrogens is 1. The van der Waals surface area contributed by atoms with Crippen LogP contribution in [-0.4, -0.2) is 98.1 Å². The van der Waals surface area contributed by atoms with Gasteiger partial charge in [0, 0.05) is 88.9 Å². The van der Waals surface area contributed by atoms with Gasteiger partial charge < -0.3 is 39.4 Å². The largest absolute Gasteiger partial charge is 0.487 e. The molecule has 0 aliphatic carbocycles. The van der Waals surface area contributed by atoms with Crippen molar-refractivity contribution < 1.29 is 9.47 Å². The highest BCUT2D eigenvalue weighted by atomic mass is 16.5. The number of hydrogen-bond donors (Lipinski definition) is 2. The van der Waals surface area contributed by atoms with Crippen LogP contribution in [-0.2, 0) is 11.3 Å². The Morgan fingerprint density at radius 3 is 2.75 bits per heavy atom. The number of nitrogens with one attached hydrogen (secondary N) is 2. The zero-order valence-corrected chi connectivity index (χ0v) is 29.4. The predicted molar refractivity (Wildman–Crippen MR) is 193 cm³/mol. The van der Waals surface area contributed by atoms with Crippen LogP contribution < -0.4 is 25.7 Å². The van der Waals surface area contributed by atoms with Gasteiger partial charge in [-0.15, -0.1) is 0 Å². The van der Waals surface area contributed by atoms with Crippen LogP contribution in [0.3, 0.4) is 0 Å². The number of likely N-dealkylation sites (N-methyl/N-ethyl adjacent to an activating group) is 1. The predicted octanol–water partition coefficient (Wildman–Crippen LogP) is 4.51. The second-order valence-electron chi connectivity index (χ2n) is 14.3. The molecule has 0 bridgehead atoms. The first kappa shape index (κ1) is 32.6. The molecule has 0 radical (unpaired) electrons. The minimum absolute atomic E-state index is 0.113. The summed E-state index contributed by atoms with van der Waals surface area (Å²) in [6.07, 6.45) is 18.5. The van der Waals surface area contributed by atoms with Crippen molar-refractivity contribution in [3.8, 4) is 5.75 Å².